The van der Waals surface area contributed by atoms with Gasteiger partial charge in [-0.15, -0.1) is 10.2 Å². The Kier molecular flexibility index (Phi) is 5.02. The van der Waals surface area contributed by atoms with Gasteiger partial charge in [-0.05, 0) is 29.5 Å². The van der Waals surface area contributed by atoms with E-state index in [0.29, 0.717) is 11.6 Å². The van der Waals surface area contributed by atoms with Gasteiger partial charge < -0.3 is 14.6 Å². The van der Waals surface area contributed by atoms with Crippen molar-refractivity contribution in [3.8, 4) is 22.9 Å². The molecule has 24 heavy (non-hydrogen) atoms. The molecule has 0 radical (unpaired) electrons. The van der Waals surface area contributed by atoms with Gasteiger partial charge in [0.2, 0.25) is 5.82 Å². The van der Waals surface area contributed by atoms with Crippen LogP contribution in [0.2, 0.25) is 0 Å². The first kappa shape index (κ1) is 15.9. The summed E-state index contributed by atoms with van der Waals surface area (Å²) in [6.07, 6.45) is -0.738. The largest absolute Gasteiger partial charge is 0.497 e. The summed E-state index contributed by atoms with van der Waals surface area (Å²) in [6.45, 7) is 0.351. The first-order valence-electron chi connectivity index (χ1n) is 7.53. The Hall–Kier alpha value is -2.93. The smallest absolute Gasteiger partial charge is 0.205 e. The topological polar surface area (TPSA) is 82.3 Å². The van der Waals surface area contributed by atoms with Gasteiger partial charge in [-0.25, -0.2) is 0 Å². The van der Waals surface area contributed by atoms with E-state index in [4.69, 9.17) is 9.47 Å². The molecule has 1 unspecified atom stereocenters. The standard InChI is InChI=1S/C17H18N4O3/c1-23-16-9-5-6-13(10-16)17-18-20-21(19-17)11-14(22)12-24-15-7-3-2-4-8-15/h2-10,14,22H,11-12H2,1H3. The minimum Gasteiger partial charge on any atom is -0.497 e. The van der Waals surface area contributed by atoms with Gasteiger partial charge in [0.1, 0.15) is 24.2 Å². The maximum Gasteiger partial charge on any atom is 0.205 e. The Labute approximate surface area is 139 Å². The normalized spacial score (nSPS) is 11.9. The van der Waals surface area contributed by atoms with Gasteiger partial charge in [-0.1, -0.05) is 30.3 Å². The molecule has 3 rings (SSSR count). The number of aliphatic hydroxyl groups excluding tert-OH is 1. The van der Waals surface area contributed by atoms with Crippen molar-refractivity contribution in [1.29, 1.82) is 0 Å². The molecule has 0 aliphatic rings. The highest BCUT2D eigenvalue weighted by Gasteiger charge is 2.11. The third-order valence-electron chi connectivity index (χ3n) is 3.34. The Morgan fingerprint density at radius 3 is 2.67 bits per heavy atom. The molecule has 0 amide bonds. The van der Waals surface area contributed by atoms with Gasteiger partial charge in [0, 0.05) is 5.56 Å². The molecule has 7 heteroatoms. The van der Waals surface area contributed by atoms with Crippen molar-refractivity contribution < 1.29 is 14.6 Å². The van der Waals surface area contributed by atoms with Crippen molar-refractivity contribution in [2.45, 2.75) is 12.6 Å². The molecule has 3 aromatic rings. The lowest BCUT2D eigenvalue weighted by atomic mass is 10.2. The fourth-order valence-corrected chi connectivity index (χ4v) is 2.15. The lowest BCUT2D eigenvalue weighted by Gasteiger charge is -2.11. The minimum atomic E-state index is -0.738. The summed E-state index contributed by atoms with van der Waals surface area (Å²) in [5, 5.41) is 22.3. The summed E-state index contributed by atoms with van der Waals surface area (Å²) in [7, 11) is 1.60. The molecule has 0 fully saturated rings. The van der Waals surface area contributed by atoms with E-state index < -0.39 is 6.10 Å². The second-order valence-corrected chi connectivity index (χ2v) is 5.18. The van der Waals surface area contributed by atoms with E-state index in [1.165, 1.54) is 4.80 Å². The molecule has 1 atom stereocenters. The van der Waals surface area contributed by atoms with Crippen LogP contribution in [0.25, 0.3) is 11.4 Å². The van der Waals surface area contributed by atoms with Crippen LogP contribution in [0.15, 0.2) is 54.6 Å². The van der Waals surface area contributed by atoms with E-state index in [2.05, 4.69) is 15.4 Å². The highest BCUT2D eigenvalue weighted by Crippen LogP contribution is 2.19. The Balaban J connectivity index is 1.59. The summed E-state index contributed by atoms with van der Waals surface area (Å²) in [6, 6.07) is 16.7. The van der Waals surface area contributed by atoms with E-state index in [0.717, 1.165) is 11.3 Å². The molecule has 7 nitrogen and oxygen atoms in total. The Bertz CT molecular complexity index is 776. The van der Waals surface area contributed by atoms with Crippen LogP contribution in [-0.4, -0.2) is 45.1 Å². The molecule has 0 bridgehead atoms. The first-order valence-corrected chi connectivity index (χ1v) is 7.53. The quantitative estimate of drug-likeness (QED) is 0.713. The van der Waals surface area contributed by atoms with Crippen LogP contribution < -0.4 is 9.47 Å². The van der Waals surface area contributed by atoms with E-state index in [-0.39, 0.29) is 13.2 Å². The van der Waals surface area contributed by atoms with Crippen molar-refractivity contribution in [3.05, 3.63) is 54.6 Å². The molecule has 0 spiro atoms. The summed E-state index contributed by atoms with van der Waals surface area (Å²) in [5.41, 5.74) is 0.802. The zero-order valence-corrected chi connectivity index (χ0v) is 13.2. The number of hydrogen-bond donors (Lipinski definition) is 1. The third-order valence-corrected chi connectivity index (χ3v) is 3.34. The second kappa shape index (κ2) is 7.56. The summed E-state index contributed by atoms with van der Waals surface area (Å²) in [5.74, 6) is 1.91. The molecular weight excluding hydrogens is 308 g/mol. The summed E-state index contributed by atoms with van der Waals surface area (Å²) >= 11 is 0. The maximum atomic E-state index is 10.1. The predicted octanol–water partition coefficient (Wildman–Crippen LogP) is 1.79. The van der Waals surface area contributed by atoms with E-state index >= 15 is 0 Å². The molecule has 1 N–H and O–H groups in total. The molecular formula is C17H18N4O3. The zero-order chi connectivity index (χ0) is 16.8. The van der Waals surface area contributed by atoms with Crippen molar-refractivity contribution in [2.75, 3.05) is 13.7 Å². The number of aromatic nitrogens is 4. The molecule has 0 saturated carbocycles. The Morgan fingerprint density at radius 2 is 1.88 bits per heavy atom. The van der Waals surface area contributed by atoms with Gasteiger partial charge in [0.05, 0.1) is 13.7 Å². The van der Waals surface area contributed by atoms with Crippen LogP contribution in [0.5, 0.6) is 11.5 Å². The molecule has 0 saturated heterocycles. The molecule has 1 heterocycles. The third kappa shape index (κ3) is 4.08. The van der Waals surface area contributed by atoms with Crippen LogP contribution in [0.1, 0.15) is 0 Å². The van der Waals surface area contributed by atoms with Crippen LogP contribution in [0, 0.1) is 0 Å². The highest BCUT2D eigenvalue weighted by molar-refractivity contribution is 5.56. The number of tetrazole rings is 1. The van der Waals surface area contributed by atoms with Gasteiger partial charge >= 0.3 is 0 Å². The maximum absolute atomic E-state index is 10.1. The number of aliphatic hydroxyl groups is 1. The second-order valence-electron chi connectivity index (χ2n) is 5.18. The van der Waals surface area contributed by atoms with Crippen molar-refractivity contribution in [2.24, 2.45) is 0 Å². The van der Waals surface area contributed by atoms with Gasteiger partial charge in [-0.3, -0.25) is 0 Å². The number of benzene rings is 2. The van der Waals surface area contributed by atoms with Crippen LogP contribution >= 0.6 is 0 Å². The lowest BCUT2D eigenvalue weighted by Crippen LogP contribution is -2.24. The van der Waals surface area contributed by atoms with E-state index in [1.54, 1.807) is 7.11 Å². The fraction of sp³-hybridized carbons (Fsp3) is 0.235. The minimum absolute atomic E-state index is 0.153. The molecule has 124 valence electrons. The molecule has 1 aromatic heterocycles. The van der Waals surface area contributed by atoms with Crippen LogP contribution in [-0.2, 0) is 6.54 Å². The monoisotopic (exact) mass is 326 g/mol. The van der Waals surface area contributed by atoms with Crippen LogP contribution in [0.3, 0.4) is 0 Å². The summed E-state index contributed by atoms with van der Waals surface area (Å²) in [4.78, 5) is 1.35. The molecule has 0 aliphatic heterocycles. The highest BCUT2D eigenvalue weighted by atomic mass is 16.5. The number of rotatable bonds is 7. The SMILES string of the molecule is COc1cccc(-c2nnn(CC(O)COc3ccccc3)n2)c1. The number of methoxy groups -OCH3 is 1. The zero-order valence-electron chi connectivity index (χ0n) is 13.2. The van der Waals surface area contributed by atoms with Crippen molar-refractivity contribution in [3.63, 3.8) is 0 Å². The van der Waals surface area contributed by atoms with Crippen molar-refractivity contribution >= 4 is 0 Å². The van der Waals surface area contributed by atoms with E-state index in [1.807, 2.05) is 54.6 Å². The number of ether oxygens (including phenoxy) is 2. The lowest BCUT2D eigenvalue weighted by molar-refractivity contribution is 0.0850. The van der Waals surface area contributed by atoms with E-state index in [9.17, 15) is 5.11 Å². The summed E-state index contributed by atoms with van der Waals surface area (Å²) < 4.78 is 10.7. The average molecular weight is 326 g/mol. The first-order chi connectivity index (χ1) is 11.7. The number of hydrogen-bond acceptors (Lipinski definition) is 6. The molecule has 2 aromatic carbocycles. The fourth-order valence-electron chi connectivity index (χ4n) is 2.15. The van der Waals surface area contributed by atoms with Gasteiger partial charge in [0.15, 0.2) is 0 Å². The number of para-hydroxylation sites is 1. The van der Waals surface area contributed by atoms with Gasteiger partial charge in [-0.2, -0.15) is 4.80 Å². The molecule has 0 aliphatic carbocycles. The number of nitrogens with zero attached hydrogens (tertiary/aromatic N) is 4. The van der Waals surface area contributed by atoms with Crippen molar-refractivity contribution in [1.82, 2.24) is 20.2 Å². The average Bonchev–Trinajstić information content (AvgIpc) is 3.09. The van der Waals surface area contributed by atoms with Gasteiger partial charge in [0.25, 0.3) is 0 Å². The predicted molar refractivity (Wildman–Crippen MR) is 87.7 cm³/mol. The Morgan fingerprint density at radius 1 is 1.08 bits per heavy atom. The van der Waals surface area contributed by atoms with Crippen LogP contribution in [0.4, 0.5) is 0 Å².